The molecule has 2 heterocycles. The number of benzene rings is 1. The molecule has 0 radical (unpaired) electrons. The standard InChI is InChI=1S/C18H20N2O2/c1-2-6-20-10-12(18(21)22)7-14-13-4-3-5-15-17(13)11(9-19-15)8-16(14)20/h3-5,7,9,12,16,19H,2,6,8,10H2,1H3,(H,21,22)/t12?,16-/m1/s1. The number of hydrogen-bond acceptors (Lipinski definition) is 2. The lowest BCUT2D eigenvalue weighted by Gasteiger charge is -2.41. The van der Waals surface area contributed by atoms with E-state index in [-0.39, 0.29) is 0 Å². The van der Waals surface area contributed by atoms with Gasteiger partial charge in [0.25, 0.3) is 0 Å². The molecule has 2 aliphatic rings. The first-order valence-corrected chi connectivity index (χ1v) is 7.97. The zero-order valence-corrected chi connectivity index (χ0v) is 12.7. The highest BCUT2D eigenvalue weighted by Gasteiger charge is 2.36. The van der Waals surface area contributed by atoms with Crippen LogP contribution in [0.25, 0.3) is 16.5 Å². The van der Waals surface area contributed by atoms with Crippen molar-refractivity contribution in [1.29, 1.82) is 0 Å². The number of carbonyl (C=O) groups is 1. The number of carboxylic acids is 1. The lowest BCUT2D eigenvalue weighted by Crippen LogP contribution is -2.46. The van der Waals surface area contributed by atoms with E-state index in [1.807, 2.05) is 6.08 Å². The van der Waals surface area contributed by atoms with Crippen LogP contribution >= 0.6 is 0 Å². The number of aromatic nitrogens is 1. The smallest absolute Gasteiger partial charge is 0.311 e. The fourth-order valence-electron chi connectivity index (χ4n) is 4.01. The van der Waals surface area contributed by atoms with E-state index in [2.05, 4.69) is 41.2 Å². The Hall–Kier alpha value is -2.07. The van der Waals surface area contributed by atoms with Gasteiger partial charge in [-0.2, -0.15) is 0 Å². The summed E-state index contributed by atoms with van der Waals surface area (Å²) in [4.78, 5) is 17.2. The SMILES string of the molecule is CCCN1CC(C(=O)O)C=C2c3cccc4[nH]cc(c34)C[C@H]21. The summed E-state index contributed by atoms with van der Waals surface area (Å²) in [6.45, 7) is 3.72. The zero-order chi connectivity index (χ0) is 15.3. The van der Waals surface area contributed by atoms with E-state index in [1.165, 1.54) is 22.1 Å². The number of aromatic amines is 1. The molecule has 4 heteroatoms. The molecule has 2 atom stereocenters. The topological polar surface area (TPSA) is 56.3 Å². The fraction of sp³-hybridized carbons (Fsp3) is 0.389. The maximum Gasteiger partial charge on any atom is 0.311 e. The van der Waals surface area contributed by atoms with Crippen molar-refractivity contribution < 1.29 is 9.90 Å². The summed E-state index contributed by atoms with van der Waals surface area (Å²) in [5.41, 5.74) is 4.90. The van der Waals surface area contributed by atoms with Gasteiger partial charge in [0, 0.05) is 29.7 Å². The van der Waals surface area contributed by atoms with E-state index in [0.717, 1.165) is 24.9 Å². The number of nitrogens with one attached hydrogen (secondary N) is 1. The molecule has 0 saturated carbocycles. The number of rotatable bonds is 3. The van der Waals surface area contributed by atoms with Gasteiger partial charge in [-0.05, 0) is 42.2 Å². The normalized spacial score (nSPS) is 24.1. The summed E-state index contributed by atoms with van der Waals surface area (Å²) < 4.78 is 0. The minimum absolute atomic E-state index is 0.310. The second-order valence-corrected chi connectivity index (χ2v) is 6.32. The number of H-pyrrole nitrogens is 1. The molecule has 1 aliphatic carbocycles. The predicted octanol–water partition coefficient (Wildman–Crippen LogP) is 2.90. The fourth-order valence-corrected chi connectivity index (χ4v) is 4.01. The summed E-state index contributed by atoms with van der Waals surface area (Å²) >= 11 is 0. The molecule has 0 saturated heterocycles. The van der Waals surface area contributed by atoms with Gasteiger partial charge in [0.15, 0.2) is 0 Å². The molecule has 0 bridgehead atoms. The Morgan fingerprint density at radius 2 is 2.32 bits per heavy atom. The van der Waals surface area contributed by atoms with Gasteiger partial charge in [0.2, 0.25) is 0 Å². The largest absolute Gasteiger partial charge is 0.481 e. The van der Waals surface area contributed by atoms with Crippen molar-refractivity contribution in [3.05, 3.63) is 41.6 Å². The third kappa shape index (κ3) is 1.91. The lowest BCUT2D eigenvalue weighted by atomic mass is 9.79. The average Bonchev–Trinajstić information content (AvgIpc) is 2.93. The number of nitrogens with zero attached hydrogens (tertiary/aromatic N) is 1. The highest BCUT2D eigenvalue weighted by molar-refractivity contribution is 5.99. The molecular formula is C18H20N2O2. The van der Waals surface area contributed by atoms with Crippen molar-refractivity contribution in [2.75, 3.05) is 13.1 Å². The van der Waals surface area contributed by atoms with Crippen molar-refractivity contribution in [2.45, 2.75) is 25.8 Å². The Labute approximate surface area is 129 Å². The van der Waals surface area contributed by atoms with Crippen LogP contribution in [0.5, 0.6) is 0 Å². The first kappa shape index (κ1) is 13.6. The summed E-state index contributed by atoms with van der Waals surface area (Å²) in [7, 11) is 0. The molecule has 0 spiro atoms. The van der Waals surface area contributed by atoms with Gasteiger partial charge in [0.05, 0.1) is 5.92 Å². The molecule has 2 N–H and O–H groups in total. The van der Waals surface area contributed by atoms with Gasteiger partial charge in [-0.1, -0.05) is 25.1 Å². The molecule has 1 aromatic carbocycles. The third-order valence-electron chi connectivity index (χ3n) is 4.95. The van der Waals surface area contributed by atoms with Crippen molar-refractivity contribution in [2.24, 2.45) is 5.92 Å². The molecule has 1 unspecified atom stereocenters. The summed E-state index contributed by atoms with van der Waals surface area (Å²) in [6.07, 6.45) is 6.11. The van der Waals surface area contributed by atoms with Crippen LogP contribution in [0.2, 0.25) is 0 Å². The van der Waals surface area contributed by atoms with Gasteiger partial charge in [-0.3, -0.25) is 9.69 Å². The molecule has 4 rings (SSSR count). The number of hydrogen-bond donors (Lipinski definition) is 2. The van der Waals surface area contributed by atoms with E-state index in [1.54, 1.807) is 0 Å². The van der Waals surface area contributed by atoms with E-state index in [0.29, 0.717) is 12.6 Å². The third-order valence-corrected chi connectivity index (χ3v) is 4.95. The number of carboxylic acid groups (broad SMARTS) is 1. The number of fused-ring (bicyclic) bond motifs is 2. The van der Waals surface area contributed by atoms with E-state index < -0.39 is 11.9 Å². The van der Waals surface area contributed by atoms with Crippen LogP contribution in [-0.2, 0) is 11.2 Å². The Bertz CT molecular complexity index is 774. The van der Waals surface area contributed by atoms with Crippen LogP contribution in [0.15, 0.2) is 30.5 Å². The Kier molecular flexibility index (Phi) is 3.08. The molecule has 4 nitrogen and oxygen atoms in total. The average molecular weight is 296 g/mol. The molecule has 0 amide bonds. The van der Waals surface area contributed by atoms with Crippen molar-refractivity contribution in [1.82, 2.24) is 9.88 Å². The summed E-state index contributed by atoms with van der Waals surface area (Å²) in [6, 6.07) is 6.58. The van der Waals surface area contributed by atoms with Crippen LogP contribution in [0, 0.1) is 5.92 Å². The van der Waals surface area contributed by atoms with Crippen LogP contribution in [0.3, 0.4) is 0 Å². The Balaban J connectivity index is 1.89. The summed E-state index contributed by atoms with van der Waals surface area (Å²) in [5.74, 6) is -1.13. The van der Waals surface area contributed by atoms with Gasteiger partial charge >= 0.3 is 5.97 Å². The first-order chi connectivity index (χ1) is 10.7. The maximum absolute atomic E-state index is 11.5. The molecule has 22 heavy (non-hydrogen) atoms. The van der Waals surface area contributed by atoms with Gasteiger partial charge in [0.1, 0.15) is 0 Å². The molecule has 1 aromatic heterocycles. The minimum Gasteiger partial charge on any atom is -0.481 e. The second-order valence-electron chi connectivity index (χ2n) is 6.32. The zero-order valence-electron chi connectivity index (χ0n) is 12.7. The molecular weight excluding hydrogens is 276 g/mol. The lowest BCUT2D eigenvalue weighted by molar-refractivity contribution is -0.140. The Morgan fingerprint density at radius 3 is 3.09 bits per heavy atom. The number of aliphatic carboxylic acids is 1. The summed E-state index contributed by atoms with van der Waals surface area (Å²) in [5, 5.41) is 10.8. The van der Waals surface area contributed by atoms with E-state index in [9.17, 15) is 9.90 Å². The van der Waals surface area contributed by atoms with Gasteiger partial charge in [-0.15, -0.1) is 0 Å². The first-order valence-electron chi connectivity index (χ1n) is 7.97. The van der Waals surface area contributed by atoms with Crippen LogP contribution in [0.4, 0.5) is 0 Å². The highest BCUT2D eigenvalue weighted by atomic mass is 16.4. The Morgan fingerprint density at radius 1 is 1.45 bits per heavy atom. The molecule has 1 aliphatic heterocycles. The molecule has 114 valence electrons. The van der Waals surface area contributed by atoms with Crippen molar-refractivity contribution in [3.8, 4) is 0 Å². The van der Waals surface area contributed by atoms with Crippen LogP contribution < -0.4 is 0 Å². The van der Waals surface area contributed by atoms with E-state index >= 15 is 0 Å². The van der Waals surface area contributed by atoms with Crippen molar-refractivity contribution in [3.63, 3.8) is 0 Å². The quantitative estimate of drug-likeness (QED) is 0.915. The molecule has 0 fully saturated rings. The minimum atomic E-state index is -0.723. The van der Waals surface area contributed by atoms with Gasteiger partial charge < -0.3 is 10.1 Å². The van der Waals surface area contributed by atoms with Gasteiger partial charge in [-0.25, -0.2) is 0 Å². The second kappa shape index (κ2) is 4.99. The van der Waals surface area contributed by atoms with Crippen LogP contribution in [-0.4, -0.2) is 40.1 Å². The van der Waals surface area contributed by atoms with E-state index in [4.69, 9.17) is 0 Å². The highest BCUT2D eigenvalue weighted by Crippen LogP contribution is 2.41. The molecule has 2 aromatic rings. The maximum atomic E-state index is 11.5. The van der Waals surface area contributed by atoms with Crippen LogP contribution in [0.1, 0.15) is 24.5 Å². The predicted molar refractivity (Wildman–Crippen MR) is 86.8 cm³/mol. The monoisotopic (exact) mass is 296 g/mol. The van der Waals surface area contributed by atoms with Crippen molar-refractivity contribution >= 4 is 22.4 Å².